The second-order valence-electron chi connectivity index (χ2n) is 3.77. The molecular weight excluding hydrogens is 271 g/mol. The molecule has 0 radical (unpaired) electrons. The summed E-state index contributed by atoms with van der Waals surface area (Å²) in [4.78, 5) is 3.67. The SMILES string of the molecule is O=S(=O)(c1c(F)cc(F)cc1F)N1CCCCO1. The molecule has 0 N–H and O–H groups in total. The molecule has 1 saturated heterocycles. The molecule has 1 aliphatic rings. The van der Waals surface area contributed by atoms with E-state index in [-0.39, 0.29) is 13.2 Å². The molecule has 0 unspecified atom stereocenters. The Morgan fingerprint density at radius 2 is 1.72 bits per heavy atom. The number of hydrogen-bond donors (Lipinski definition) is 0. The Balaban J connectivity index is 2.47. The van der Waals surface area contributed by atoms with Gasteiger partial charge in [-0.15, -0.1) is 0 Å². The number of benzene rings is 1. The van der Waals surface area contributed by atoms with Crippen LogP contribution in [0.15, 0.2) is 17.0 Å². The normalized spacial score (nSPS) is 17.9. The number of rotatable bonds is 2. The van der Waals surface area contributed by atoms with Gasteiger partial charge in [-0.3, -0.25) is 4.84 Å². The first-order valence-electron chi connectivity index (χ1n) is 5.23. The highest BCUT2D eigenvalue weighted by molar-refractivity contribution is 7.89. The maximum atomic E-state index is 13.4. The van der Waals surface area contributed by atoms with Gasteiger partial charge in [-0.2, -0.15) is 0 Å². The van der Waals surface area contributed by atoms with Crippen LogP contribution in [0.2, 0.25) is 0 Å². The summed E-state index contributed by atoms with van der Waals surface area (Å²) in [6.45, 7) is 0.169. The average Bonchev–Trinajstić information content (AvgIpc) is 2.28. The number of hydrogen-bond acceptors (Lipinski definition) is 3. The monoisotopic (exact) mass is 281 g/mol. The zero-order valence-electron chi connectivity index (χ0n) is 9.20. The molecule has 100 valence electrons. The van der Waals surface area contributed by atoms with Gasteiger partial charge in [-0.1, -0.05) is 4.47 Å². The van der Waals surface area contributed by atoms with Crippen LogP contribution >= 0.6 is 0 Å². The molecule has 0 atom stereocenters. The van der Waals surface area contributed by atoms with Gasteiger partial charge in [-0.25, -0.2) is 21.6 Å². The van der Waals surface area contributed by atoms with Crippen LogP contribution < -0.4 is 0 Å². The number of nitrogens with zero attached hydrogens (tertiary/aromatic N) is 1. The van der Waals surface area contributed by atoms with E-state index in [0.29, 0.717) is 29.4 Å². The minimum absolute atomic E-state index is 0.0125. The summed E-state index contributed by atoms with van der Waals surface area (Å²) in [7, 11) is -4.45. The third-order valence-electron chi connectivity index (χ3n) is 2.46. The Hall–Kier alpha value is -1.12. The third kappa shape index (κ3) is 2.36. The Labute approximate surface area is 102 Å². The van der Waals surface area contributed by atoms with Crippen molar-refractivity contribution in [1.29, 1.82) is 0 Å². The highest BCUT2D eigenvalue weighted by atomic mass is 32.2. The van der Waals surface area contributed by atoms with E-state index in [1.807, 2.05) is 0 Å². The van der Waals surface area contributed by atoms with Gasteiger partial charge in [0.05, 0.1) is 6.61 Å². The van der Waals surface area contributed by atoms with Gasteiger partial charge in [-0.05, 0) is 12.8 Å². The fourth-order valence-corrected chi connectivity index (χ4v) is 3.04. The highest BCUT2D eigenvalue weighted by Crippen LogP contribution is 2.25. The first-order valence-corrected chi connectivity index (χ1v) is 6.67. The smallest absolute Gasteiger partial charge is 0.270 e. The van der Waals surface area contributed by atoms with Gasteiger partial charge in [0.1, 0.15) is 17.5 Å². The molecule has 18 heavy (non-hydrogen) atoms. The summed E-state index contributed by atoms with van der Waals surface area (Å²) in [5, 5.41) is 0. The van der Waals surface area contributed by atoms with Gasteiger partial charge in [0.25, 0.3) is 10.0 Å². The number of hydroxylamine groups is 1. The lowest BCUT2D eigenvalue weighted by atomic mass is 10.3. The lowest BCUT2D eigenvalue weighted by molar-refractivity contribution is -0.109. The van der Waals surface area contributed by atoms with E-state index in [0.717, 1.165) is 0 Å². The largest absolute Gasteiger partial charge is 0.284 e. The topological polar surface area (TPSA) is 46.6 Å². The molecule has 2 rings (SSSR count). The van der Waals surface area contributed by atoms with Gasteiger partial charge in [0.15, 0.2) is 4.90 Å². The van der Waals surface area contributed by atoms with Crippen molar-refractivity contribution in [3.05, 3.63) is 29.6 Å². The molecule has 8 heteroatoms. The lowest BCUT2D eigenvalue weighted by Crippen LogP contribution is -2.36. The minimum atomic E-state index is -4.45. The predicted molar refractivity (Wildman–Crippen MR) is 55.4 cm³/mol. The van der Waals surface area contributed by atoms with Crippen LogP contribution in [0, 0.1) is 17.5 Å². The highest BCUT2D eigenvalue weighted by Gasteiger charge is 2.33. The number of halogens is 3. The number of sulfonamides is 1. The third-order valence-corrected chi connectivity index (χ3v) is 4.19. The van der Waals surface area contributed by atoms with E-state index in [4.69, 9.17) is 4.84 Å². The standard InChI is InChI=1S/C10H10F3NO3S/c11-7-5-8(12)10(9(13)6-7)18(15,16)14-3-1-2-4-17-14/h5-6H,1-4H2. The lowest BCUT2D eigenvalue weighted by Gasteiger charge is -2.25. The molecule has 0 amide bonds. The van der Waals surface area contributed by atoms with Crippen molar-refractivity contribution in [3.8, 4) is 0 Å². The molecule has 1 fully saturated rings. The summed E-state index contributed by atoms with van der Waals surface area (Å²) in [6.07, 6.45) is 1.20. The summed E-state index contributed by atoms with van der Waals surface area (Å²) in [6, 6.07) is 0.639. The van der Waals surface area contributed by atoms with Crippen molar-refractivity contribution in [1.82, 2.24) is 4.47 Å². The van der Waals surface area contributed by atoms with Crippen molar-refractivity contribution >= 4 is 10.0 Å². The van der Waals surface area contributed by atoms with Crippen LogP contribution in [0.25, 0.3) is 0 Å². The van der Waals surface area contributed by atoms with E-state index < -0.39 is 32.4 Å². The van der Waals surface area contributed by atoms with Crippen molar-refractivity contribution in [2.24, 2.45) is 0 Å². The van der Waals surface area contributed by atoms with E-state index in [9.17, 15) is 21.6 Å². The van der Waals surface area contributed by atoms with Crippen molar-refractivity contribution < 1.29 is 26.4 Å². The molecule has 0 spiro atoms. The Morgan fingerprint density at radius 1 is 1.11 bits per heavy atom. The molecular formula is C10H10F3NO3S. The van der Waals surface area contributed by atoms with Crippen molar-refractivity contribution in [3.63, 3.8) is 0 Å². The maximum Gasteiger partial charge on any atom is 0.270 e. The molecule has 0 aromatic heterocycles. The van der Waals surface area contributed by atoms with Crippen molar-refractivity contribution in [2.45, 2.75) is 17.7 Å². The van der Waals surface area contributed by atoms with Crippen LogP contribution in [0.3, 0.4) is 0 Å². The Morgan fingerprint density at radius 3 is 2.22 bits per heavy atom. The summed E-state index contributed by atoms with van der Waals surface area (Å²) in [5.41, 5.74) is 0. The molecule has 1 aromatic rings. The first kappa shape index (κ1) is 13.3. The zero-order chi connectivity index (χ0) is 13.3. The van der Waals surface area contributed by atoms with E-state index in [1.54, 1.807) is 0 Å². The van der Waals surface area contributed by atoms with Gasteiger partial charge < -0.3 is 0 Å². The van der Waals surface area contributed by atoms with Gasteiger partial charge in [0.2, 0.25) is 0 Å². The Kier molecular flexibility index (Phi) is 3.60. The molecule has 1 aliphatic heterocycles. The van der Waals surface area contributed by atoms with Gasteiger partial charge >= 0.3 is 0 Å². The molecule has 1 heterocycles. The van der Waals surface area contributed by atoms with E-state index in [1.165, 1.54) is 0 Å². The Bertz CT molecular complexity index is 532. The predicted octanol–water partition coefficient (Wildman–Crippen LogP) is 1.82. The minimum Gasteiger partial charge on any atom is -0.284 e. The van der Waals surface area contributed by atoms with Crippen LogP contribution in [-0.4, -0.2) is 26.0 Å². The second-order valence-corrected chi connectivity index (χ2v) is 5.54. The molecule has 0 bridgehead atoms. The van der Waals surface area contributed by atoms with E-state index in [2.05, 4.69) is 0 Å². The fraction of sp³-hybridized carbons (Fsp3) is 0.400. The molecule has 1 aromatic carbocycles. The summed E-state index contributed by atoms with van der Waals surface area (Å²) < 4.78 is 64.0. The molecule has 0 aliphatic carbocycles. The fourth-order valence-electron chi connectivity index (χ4n) is 1.64. The average molecular weight is 281 g/mol. The van der Waals surface area contributed by atoms with Crippen LogP contribution in [0.1, 0.15) is 12.8 Å². The molecule has 4 nitrogen and oxygen atoms in total. The van der Waals surface area contributed by atoms with Gasteiger partial charge in [0, 0.05) is 18.7 Å². The van der Waals surface area contributed by atoms with Crippen LogP contribution in [-0.2, 0) is 14.9 Å². The summed E-state index contributed by atoms with van der Waals surface area (Å²) >= 11 is 0. The van der Waals surface area contributed by atoms with Crippen molar-refractivity contribution in [2.75, 3.05) is 13.2 Å². The maximum absolute atomic E-state index is 13.4. The van der Waals surface area contributed by atoms with Crippen LogP contribution in [0.5, 0.6) is 0 Å². The zero-order valence-corrected chi connectivity index (χ0v) is 10.0. The quantitative estimate of drug-likeness (QED) is 0.830. The first-order chi connectivity index (χ1) is 8.43. The molecule has 0 saturated carbocycles. The van der Waals surface area contributed by atoms with E-state index >= 15 is 0 Å². The van der Waals surface area contributed by atoms with Crippen LogP contribution in [0.4, 0.5) is 13.2 Å². The summed E-state index contributed by atoms with van der Waals surface area (Å²) in [5.74, 6) is -4.12. The second kappa shape index (κ2) is 4.87.